The fourth-order valence-corrected chi connectivity index (χ4v) is 1.50. The molecule has 1 unspecified atom stereocenters. The first-order valence-corrected chi connectivity index (χ1v) is 5.05. The molecule has 0 saturated carbocycles. The Balaban J connectivity index is 2.20. The van der Waals surface area contributed by atoms with Crippen LogP contribution in [0.4, 0.5) is 0 Å². The lowest BCUT2D eigenvalue weighted by molar-refractivity contribution is 0.365. The third kappa shape index (κ3) is 2.18. The van der Waals surface area contributed by atoms with Gasteiger partial charge in [-0.2, -0.15) is 0 Å². The number of aryl methyl sites for hydroxylation is 1. The standard InChI is InChI=1S/C9H11ClN4O/c1-6-3-8(15-12-6)5-14-9(7(2)10)4-11-13-14/h3-4,7H,5H2,1-2H3. The van der Waals surface area contributed by atoms with Gasteiger partial charge in [0.2, 0.25) is 0 Å². The van der Waals surface area contributed by atoms with Gasteiger partial charge in [-0.3, -0.25) is 0 Å². The van der Waals surface area contributed by atoms with Crippen molar-refractivity contribution < 1.29 is 4.52 Å². The molecular weight excluding hydrogens is 216 g/mol. The Morgan fingerprint density at radius 1 is 1.60 bits per heavy atom. The molecule has 0 aliphatic heterocycles. The molecule has 2 aromatic rings. The van der Waals surface area contributed by atoms with Crippen LogP contribution in [-0.4, -0.2) is 20.2 Å². The molecule has 80 valence electrons. The van der Waals surface area contributed by atoms with Gasteiger partial charge in [0.15, 0.2) is 5.76 Å². The highest BCUT2D eigenvalue weighted by atomic mass is 35.5. The zero-order chi connectivity index (χ0) is 10.8. The van der Waals surface area contributed by atoms with Gasteiger partial charge in [-0.1, -0.05) is 10.4 Å². The molecule has 0 aliphatic rings. The summed E-state index contributed by atoms with van der Waals surface area (Å²) in [6.45, 7) is 4.26. The van der Waals surface area contributed by atoms with Gasteiger partial charge in [-0.15, -0.1) is 16.7 Å². The molecule has 0 aliphatic carbocycles. The van der Waals surface area contributed by atoms with Crippen LogP contribution in [0.25, 0.3) is 0 Å². The van der Waals surface area contributed by atoms with Crippen LogP contribution in [0.1, 0.15) is 29.4 Å². The van der Waals surface area contributed by atoms with Crippen molar-refractivity contribution in [2.24, 2.45) is 0 Å². The van der Waals surface area contributed by atoms with E-state index in [9.17, 15) is 0 Å². The fraction of sp³-hybridized carbons (Fsp3) is 0.444. The van der Waals surface area contributed by atoms with Gasteiger partial charge >= 0.3 is 0 Å². The minimum absolute atomic E-state index is 0.121. The molecule has 0 aromatic carbocycles. The molecule has 5 nitrogen and oxygen atoms in total. The molecule has 0 radical (unpaired) electrons. The smallest absolute Gasteiger partial charge is 0.158 e. The summed E-state index contributed by atoms with van der Waals surface area (Å²) in [5, 5.41) is 11.4. The minimum Gasteiger partial charge on any atom is -0.359 e. The molecule has 0 saturated heterocycles. The molecule has 2 rings (SSSR count). The quantitative estimate of drug-likeness (QED) is 0.751. The number of aromatic nitrogens is 4. The van der Waals surface area contributed by atoms with E-state index in [0.717, 1.165) is 17.1 Å². The van der Waals surface area contributed by atoms with Crippen molar-refractivity contribution in [3.63, 3.8) is 0 Å². The fourth-order valence-electron chi connectivity index (χ4n) is 1.33. The first-order chi connectivity index (χ1) is 7.16. The highest BCUT2D eigenvalue weighted by Crippen LogP contribution is 2.18. The molecule has 0 fully saturated rings. The Bertz CT molecular complexity index is 448. The summed E-state index contributed by atoms with van der Waals surface area (Å²) >= 11 is 5.97. The van der Waals surface area contributed by atoms with E-state index < -0.39 is 0 Å². The topological polar surface area (TPSA) is 56.7 Å². The second kappa shape index (κ2) is 4.02. The maximum Gasteiger partial charge on any atom is 0.158 e. The van der Waals surface area contributed by atoms with Gasteiger partial charge in [0, 0.05) is 6.07 Å². The predicted molar refractivity (Wildman–Crippen MR) is 54.6 cm³/mol. The summed E-state index contributed by atoms with van der Waals surface area (Å²) in [5.41, 5.74) is 1.72. The molecule has 6 heteroatoms. The third-order valence-corrected chi connectivity index (χ3v) is 2.26. The van der Waals surface area contributed by atoms with Crippen molar-refractivity contribution in [3.05, 3.63) is 29.4 Å². The largest absolute Gasteiger partial charge is 0.359 e. The van der Waals surface area contributed by atoms with Crippen LogP contribution < -0.4 is 0 Å². The van der Waals surface area contributed by atoms with Crippen molar-refractivity contribution in [3.8, 4) is 0 Å². The molecule has 2 heterocycles. The normalized spacial score (nSPS) is 13.0. The predicted octanol–water partition coefficient (Wildman–Crippen LogP) is 1.92. The van der Waals surface area contributed by atoms with Crippen LogP contribution in [0.3, 0.4) is 0 Å². The molecule has 0 bridgehead atoms. The van der Waals surface area contributed by atoms with Gasteiger partial charge in [0.1, 0.15) is 6.54 Å². The van der Waals surface area contributed by atoms with Gasteiger partial charge in [0.05, 0.1) is 23.0 Å². The lowest BCUT2D eigenvalue weighted by Gasteiger charge is -2.04. The zero-order valence-corrected chi connectivity index (χ0v) is 9.27. The monoisotopic (exact) mass is 226 g/mol. The molecule has 0 spiro atoms. The molecular formula is C9H11ClN4O. The lowest BCUT2D eigenvalue weighted by atomic mass is 10.3. The number of alkyl halides is 1. The van der Waals surface area contributed by atoms with Crippen molar-refractivity contribution >= 4 is 11.6 Å². The average molecular weight is 227 g/mol. The van der Waals surface area contributed by atoms with E-state index in [0.29, 0.717) is 6.54 Å². The van der Waals surface area contributed by atoms with E-state index in [4.69, 9.17) is 16.1 Å². The third-order valence-electron chi connectivity index (χ3n) is 2.04. The van der Waals surface area contributed by atoms with E-state index in [1.54, 1.807) is 10.9 Å². The Hall–Kier alpha value is -1.36. The Morgan fingerprint density at radius 2 is 2.40 bits per heavy atom. The number of nitrogens with zero attached hydrogens (tertiary/aromatic N) is 4. The van der Waals surface area contributed by atoms with E-state index in [1.165, 1.54) is 0 Å². The van der Waals surface area contributed by atoms with E-state index >= 15 is 0 Å². The summed E-state index contributed by atoms with van der Waals surface area (Å²) in [5.74, 6) is 0.747. The highest BCUT2D eigenvalue weighted by molar-refractivity contribution is 6.20. The number of halogens is 1. The molecule has 15 heavy (non-hydrogen) atoms. The number of hydrogen-bond acceptors (Lipinski definition) is 4. The molecule has 1 atom stereocenters. The summed E-state index contributed by atoms with van der Waals surface area (Å²) in [7, 11) is 0. The van der Waals surface area contributed by atoms with Crippen molar-refractivity contribution in [1.82, 2.24) is 20.2 Å². The highest BCUT2D eigenvalue weighted by Gasteiger charge is 2.11. The summed E-state index contributed by atoms with van der Waals surface area (Å²) < 4.78 is 6.80. The van der Waals surface area contributed by atoms with Crippen LogP contribution in [0.5, 0.6) is 0 Å². The molecule has 0 N–H and O–H groups in total. The number of hydrogen-bond donors (Lipinski definition) is 0. The minimum atomic E-state index is -0.121. The van der Waals surface area contributed by atoms with Gasteiger partial charge in [0.25, 0.3) is 0 Å². The second-order valence-electron chi connectivity index (χ2n) is 3.37. The van der Waals surface area contributed by atoms with E-state index in [2.05, 4.69) is 15.5 Å². The van der Waals surface area contributed by atoms with Crippen LogP contribution in [0.2, 0.25) is 0 Å². The lowest BCUT2D eigenvalue weighted by Crippen LogP contribution is -2.06. The zero-order valence-electron chi connectivity index (χ0n) is 8.51. The van der Waals surface area contributed by atoms with E-state index in [-0.39, 0.29) is 5.38 Å². The summed E-state index contributed by atoms with van der Waals surface area (Å²) in [6.07, 6.45) is 1.65. The Morgan fingerprint density at radius 3 is 3.00 bits per heavy atom. The van der Waals surface area contributed by atoms with Crippen molar-refractivity contribution in [2.75, 3.05) is 0 Å². The molecule has 2 aromatic heterocycles. The Labute approximate surface area is 92.0 Å². The summed E-state index contributed by atoms with van der Waals surface area (Å²) in [6, 6.07) is 1.87. The van der Waals surface area contributed by atoms with Crippen LogP contribution in [0.15, 0.2) is 16.8 Å². The molecule has 0 amide bonds. The van der Waals surface area contributed by atoms with Crippen molar-refractivity contribution in [1.29, 1.82) is 0 Å². The average Bonchev–Trinajstić information content (AvgIpc) is 2.75. The maximum absolute atomic E-state index is 5.97. The second-order valence-corrected chi connectivity index (χ2v) is 4.02. The van der Waals surface area contributed by atoms with Gasteiger partial charge in [-0.05, 0) is 13.8 Å². The number of rotatable bonds is 3. The van der Waals surface area contributed by atoms with Gasteiger partial charge in [-0.25, -0.2) is 4.68 Å². The van der Waals surface area contributed by atoms with Crippen molar-refractivity contribution in [2.45, 2.75) is 25.8 Å². The summed E-state index contributed by atoms with van der Waals surface area (Å²) in [4.78, 5) is 0. The first-order valence-electron chi connectivity index (χ1n) is 4.61. The maximum atomic E-state index is 5.97. The van der Waals surface area contributed by atoms with E-state index in [1.807, 2.05) is 19.9 Å². The Kier molecular flexibility index (Phi) is 2.73. The van der Waals surface area contributed by atoms with Gasteiger partial charge < -0.3 is 4.52 Å². The van der Waals surface area contributed by atoms with Crippen LogP contribution >= 0.6 is 11.6 Å². The SMILES string of the molecule is Cc1cc(Cn2nncc2C(C)Cl)on1. The van der Waals surface area contributed by atoms with Crippen LogP contribution in [0, 0.1) is 6.92 Å². The van der Waals surface area contributed by atoms with Crippen LogP contribution in [-0.2, 0) is 6.54 Å². The first kappa shape index (κ1) is 10.2.